The van der Waals surface area contributed by atoms with E-state index < -0.39 is 52.9 Å². The van der Waals surface area contributed by atoms with Crippen LogP contribution in [0.1, 0.15) is 27.2 Å². The molecule has 40 heavy (non-hydrogen) atoms. The fourth-order valence-electron chi connectivity index (χ4n) is 4.36. The van der Waals surface area contributed by atoms with E-state index in [1.165, 1.54) is 26.2 Å². The molecule has 0 unspecified atom stereocenters. The third-order valence-corrected chi connectivity index (χ3v) is 6.23. The van der Waals surface area contributed by atoms with Crippen LogP contribution >= 0.6 is 0 Å². The molecule has 0 fully saturated rings. The lowest BCUT2D eigenvalue weighted by molar-refractivity contribution is -0.670. The van der Waals surface area contributed by atoms with Crippen molar-refractivity contribution >= 4 is 16.7 Å². The number of pyridine rings is 2. The lowest BCUT2D eigenvalue weighted by atomic mass is 9.96. The number of carbonyl (C=O) groups excluding carboxylic acids is 1. The van der Waals surface area contributed by atoms with E-state index in [9.17, 15) is 40.3 Å². The Hall–Kier alpha value is -3.49. The van der Waals surface area contributed by atoms with Crippen LogP contribution in [0.2, 0.25) is 0 Å². The molecule has 5 nitrogen and oxygen atoms in total. The molecular formula is C27H21F7IN3O2. The highest BCUT2D eigenvalue weighted by Gasteiger charge is 2.37. The van der Waals surface area contributed by atoms with Crippen molar-refractivity contribution in [1.29, 1.82) is 0 Å². The number of halogens is 8. The van der Waals surface area contributed by atoms with E-state index in [1.54, 1.807) is 30.1 Å². The van der Waals surface area contributed by atoms with Crippen LogP contribution in [0.15, 0.2) is 65.7 Å². The summed E-state index contributed by atoms with van der Waals surface area (Å²) in [7, 11) is 4.21. The van der Waals surface area contributed by atoms with Crippen LogP contribution < -0.4 is 34.1 Å². The van der Waals surface area contributed by atoms with Gasteiger partial charge in [0.1, 0.15) is 23.9 Å². The van der Waals surface area contributed by atoms with Crippen LogP contribution in [-0.2, 0) is 33.0 Å². The summed E-state index contributed by atoms with van der Waals surface area (Å²) in [6.45, 7) is -0.620. The van der Waals surface area contributed by atoms with Gasteiger partial charge < -0.3 is 33.4 Å². The first kappa shape index (κ1) is 31.0. The van der Waals surface area contributed by atoms with Gasteiger partial charge in [-0.2, -0.15) is 26.3 Å². The lowest BCUT2D eigenvalue weighted by Gasteiger charge is -2.23. The minimum atomic E-state index is -5.05. The maximum absolute atomic E-state index is 13.7. The molecule has 0 radical (unpaired) electrons. The molecule has 0 N–H and O–H groups in total. The summed E-state index contributed by atoms with van der Waals surface area (Å²) in [6.07, 6.45) is -6.92. The largest absolute Gasteiger partial charge is 1.00 e. The second kappa shape index (κ2) is 11.2. The average Bonchev–Trinajstić information content (AvgIpc) is 2.85. The highest BCUT2D eigenvalue weighted by atomic mass is 127. The van der Waals surface area contributed by atoms with E-state index in [0.717, 1.165) is 21.6 Å². The molecule has 1 amide bonds. The summed E-state index contributed by atoms with van der Waals surface area (Å²) < 4.78 is 96.3. The van der Waals surface area contributed by atoms with Crippen molar-refractivity contribution < 1.29 is 64.1 Å². The molecule has 0 atom stereocenters. The standard InChI is InChI=1S/C27H21F7N3O2.HI/c1-35-9-8-20-21(14-35)24(38)37(3)23(22(20)16-4-6-19(28)7-5-16)25(39)36(2)13-15-10-17(26(29,30)31)12-18(11-15)27(32,33)34;/h4-12,14H,13H2,1-3H3;1H/q+1;/p-1. The third kappa shape index (κ3) is 6.13. The number of benzene rings is 2. The number of nitrogens with zero attached hydrogens (tertiary/aromatic N) is 3. The maximum Gasteiger partial charge on any atom is 0.416 e. The number of carbonyl (C=O) groups is 1. The number of amides is 1. The lowest BCUT2D eigenvalue weighted by Crippen LogP contribution is -3.00. The first-order valence-corrected chi connectivity index (χ1v) is 11.4. The van der Waals surface area contributed by atoms with Gasteiger partial charge in [0, 0.05) is 37.7 Å². The van der Waals surface area contributed by atoms with Crippen molar-refractivity contribution in [2.24, 2.45) is 14.1 Å². The summed E-state index contributed by atoms with van der Waals surface area (Å²) in [6, 6.07) is 7.81. The smallest absolute Gasteiger partial charge is 0.416 e. The summed E-state index contributed by atoms with van der Waals surface area (Å²) in [5.41, 5.74) is -3.52. The fraction of sp³-hybridized carbons (Fsp3) is 0.222. The number of rotatable bonds is 4. The molecule has 2 aromatic carbocycles. The zero-order valence-corrected chi connectivity index (χ0v) is 23.3. The second-order valence-corrected chi connectivity index (χ2v) is 9.11. The molecule has 2 aromatic heterocycles. The predicted octanol–water partition coefficient (Wildman–Crippen LogP) is 2.48. The number of alkyl halides is 6. The Morgan fingerprint density at radius 1 is 0.925 bits per heavy atom. The molecule has 4 rings (SSSR count). The second-order valence-electron chi connectivity index (χ2n) is 9.11. The van der Waals surface area contributed by atoms with Gasteiger partial charge in [-0.3, -0.25) is 9.59 Å². The van der Waals surface area contributed by atoms with Gasteiger partial charge in [-0.05, 0) is 41.5 Å². The number of aromatic nitrogens is 2. The summed E-state index contributed by atoms with van der Waals surface area (Å²) in [5.74, 6) is -1.38. The molecule has 2 heterocycles. The fourth-order valence-corrected chi connectivity index (χ4v) is 4.36. The Balaban J connectivity index is 0.00000441. The van der Waals surface area contributed by atoms with Crippen LogP contribution in [0.4, 0.5) is 30.7 Å². The third-order valence-electron chi connectivity index (χ3n) is 6.23. The van der Waals surface area contributed by atoms with Crippen molar-refractivity contribution in [3.63, 3.8) is 0 Å². The molecular weight excluding hydrogens is 658 g/mol. The van der Waals surface area contributed by atoms with E-state index in [0.29, 0.717) is 23.1 Å². The van der Waals surface area contributed by atoms with Crippen molar-refractivity contribution in [2.75, 3.05) is 7.05 Å². The average molecular weight is 679 g/mol. The molecule has 0 bridgehead atoms. The van der Waals surface area contributed by atoms with Gasteiger partial charge in [0.15, 0.2) is 12.4 Å². The number of hydrogen-bond acceptors (Lipinski definition) is 2. The molecule has 0 spiro atoms. The molecule has 0 aliphatic heterocycles. The van der Waals surface area contributed by atoms with Gasteiger partial charge >= 0.3 is 12.4 Å². The Bertz CT molecular complexity index is 1610. The molecule has 4 aromatic rings. The van der Waals surface area contributed by atoms with Gasteiger partial charge in [0.25, 0.3) is 11.5 Å². The van der Waals surface area contributed by atoms with Gasteiger partial charge in [-0.1, -0.05) is 12.1 Å². The Morgan fingerprint density at radius 3 is 2.00 bits per heavy atom. The van der Waals surface area contributed by atoms with Gasteiger partial charge in [-0.25, -0.2) is 8.96 Å². The normalized spacial score (nSPS) is 11.8. The quantitative estimate of drug-likeness (QED) is 0.189. The molecule has 0 aliphatic carbocycles. The molecule has 0 saturated carbocycles. The molecule has 13 heteroatoms. The number of fused-ring (bicyclic) bond motifs is 1. The minimum Gasteiger partial charge on any atom is -1.00 e. The summed E-state index contributed by atoms with van der Waals surface area (Å²) in [5, 5.41) is 0.603. The van der Waals surface area contributed by atoms with E-state index in [2.05, 4.69) is 0 Å². The van der Waals surface area contributed by atoms with Crippen molar-refractivity contribution in [1.82, 2.24) is 9.47 Å². The van der Waals surface area contributed by atoms with E-state index in [-0.39, 0.29) is 46.7 Å². The monoisotopic (exact) mass is 679 g/mol. The Kier molecular flexibility index (Phi) is 8.67. The van der Waals surface area contributed by atoms with Crippen LogP contribution in [0.3, 0.4) is 0 Å². The summed E-state index contributed by atoms with van der Waals surface area (Å²) in [4.78, 5) is 27.8. The first-order valence-electron chi connectivity index (χ1n) is 11.4. The molecule has 212 valence electrons. The van der Waals surface area contributed by atoms with Crippen molar-refractivity contribution in [3.8, 4) is 11.1 Å². The SMILES string of the molecule is CN(Cc1cc(C(F)(F)F)cc(C(F)(F)F)c1)C(=O)c1c(-c2ccc(F)cc2)c2cc[n+](C)cc2c(=O)n1C.[I-]. The van der Waals surface area contributed by atoms with Gasteiger partial charge in [0.2, 0.25) is 0 Å². The minimum absolute atomic E-state index is 0. The summed E-state index contributed by atoms with van der Waals surface area (Å²) >= 11 is 0. The first-order chi connectivity index (χ1) is 18.1. The van der Waals surface area contributed by atoms with Gasteiger partial charge in [-0.15, -0.1) is 0 Å². The topological polar surface area (TPSA) is 46.2 Å². The highest BCUT2D eigenvalue weighted by molar-refractivity contribution is 6.08. The van der Waals surface area contributed by atoms with Crippen molar-refractivity contribution in [2.45, 2.75) is 18.9 Å². The molecule has 0 saturated heterocycles. The maximum atomic E-state index is 13.7. The van der Waals surface area contributed by atoms with Crippen LogP contribution in [0.25, 0.3) is 21.9 Å². The van der Waals surface area contributed by atoms with Crippen LogP contribution in [0, 0.1) is 5.82 Å². The predicted molar refractivity (Wildman–Crippen MR) is 128 cm³/mol. The van der Waals surface area contributed by atoms with Crippen LogP contribution in [-0.4, -0.2) is 22.4 Å². The highest BCUT2D eigenvalue weighted by Crippen LogP contribution is 2.37. The van der Waals surface area contributed by atoms with E-state index in [4.69, 9.17) is 0 Å². The zero-order valence-electron chi connectivity index (χ0n) is 21.2. The van der Waals surface area contributed by atoms with E-state index in [1.807, 2.05) is 0 Å². The van der Waals surface area contributed by atoms with E-state index >= 15 is 0 Å². The van der Waals surface area contributed by atoms with Gasteiger partial charge in [0.05, 0.1) is 11.1 Å². The van der Waals surface area contributed by atoms with Crippen molar-refractivity contribution in [3.05, 3.63) is 99.5 Å². The number of hydrogen-bond donors (Lipinski definition) is 0. The molecule has 0 aliphatic rings. The number of aryl methyl sites for hydroxylation is 1. The Morgan fingerprint density at radius 2 is 1.48 bits per heavy atom. The zero-order chi connectivity index (χ0) is 28.9. The Labute approximate surface area is 240 Å². The van der Waals surface area contributed by atoms with Crippen LogP contribution in [0.5, 0.6) is 0 Å².